The predicted molar refractivity (Wildman–Crippen MR) is 80.2 cm³/mol. The summed E-state index contributed by atoms with van der Waals surface area (Å²) in [6, 6.07) is 3.45. The minimum atomic E-state index is 0.0132. The van der Waals surface area contributed by atoms with E-state index in [0.717, 1.165) is 31.8 Å². The van der Waals surface area contributed by atoms with Gasteiger partial charge in [-0.25, -0.2) is 0 Å². The fourth-order valence-corrected chi connectivity index (χ4v) is 2.86. The fourth-order valence-electron chi connectivity index (χ4n) is 2.86. The molecule has 3 N–H and O–H groups in total. The lowest BCUT2D eigenvalue weighted by molar-refractivity contribution is 0.0754. The first-order chi connectivity index (χ1) is 9.74. The minimum absolute atomic E-state index is 0.0132. The Labute approximate surface area is 120 Å². The van der Waals surface area contributed by atoms with Crippen LogP contribution in [-0.2, 0) is 0 Å². The maximum Gasteiger partial charge on any atom is 0.272 e. The Morgan fingerprint density at radius 1 is 1.50 bits per heavy atom. The molecule has 1 saturated heterocycles. The number of carbonyl (C=O) groups is 1. The molecule has 5 heteroatoms. The molecule has 1 unspecified atom stereocenters. The van der Waals surface area contributed by atoms with Crippen LogP contribution in [0.15, 0.2) is 18.3 Å². The van der Waals surface area contributed by atoms with Crippen LogP contribution >= 0.6 is 0 Å². The van der Waals surface area contributed by atoms with Gasteiger partial charge in [0.15, 0.2) is 0 Å². The Hall–Kier alpha value is -1.62. The predicted octanol–water partition coefficient (Wildman–Crippen LogP) is 2.41. The molecular weight excluding hydrogens is 252 g/mol. The average molecular weight is 276 g/mol. The number of nitrogens with zero attached hydrogens (tertiary/aromatic N) is 2. The number of hydrazine groups is 1. The van der Waals surface area contributed by atoms with E-state index in [0.29, 0.717) is 11.4 Å². The first-order valence-electron chi connectivity index (χ1n) is 7.46. The SMILES string of the molecule is CCCC1CCCN(C(=O)c2cc(NN)ccn2)CC1. The summed E-state index contributed by atoms with van der Waals surface area (Å²) in [6.45, 7) is 3.90. The van der Waals surface area contributed by atoms with Crippen LogP contribution in [0.2, 0.25) is 0 Å². The molecule has 1 aliphatic rings. The molecule has 1 aromatic rings. The van der Waals surface area contributed by atoms with Crippen molar-refractivity contribution in [3.63, 3.8) is 0 Å². The van der Waals surface area contributed by atoms with E-state index in [4.69, 9.17) is 5.84 Å². The molecule has 0 spiro atoms. The first-order valence-corrected chi connectivity index (χ1v) is 7.46. The molecule has 0 aromatic carbocycles. The quantitative estimate of drug-likeness (QED) is 0.654. The average Bonchev–Trinajstić information content (AvgIpc) is 2.73. The van der Waals surface area contributed by atoms with E-state index in [1.54, 1.807) is 18.3 Å². The van der Waals surface area contributed by atoms with Crippen molar-refractivity contribution < 1.29 is 4.79 Å². The van der Waals surface area contributed by atoms with E-state index in [9.17, 15) is 4.79 Å². The second-order valence-electron chi connectivity index (χ2n) is 5.45. The number of pyridine rings is 1. The van der Waals surface area contributed by atoms with Gasteiger partial charge in [0.25, 0.3) is 5.91 Å². The highest BCUT2D eigenvalue weighted by Crippen LogP contribution is 2.22. The lowest BCUT2D eigenvalue weighted by Gasteiger charge is -2.20. The Kier molecular flexibility index (Phi) is 5.35. The number of aromatic nitrogens is 1. The molecule has 1 amide bonds. The number of nitrogen functional groups attached to an aromatic ring is 1. The van der Waals surface area contributed by atoms with Gasteiger partial charge in [0, 0.05) is 19.3 Å². The Balaban J connectivity index is 2.01. The van der Waals surface area contributed by atoms with E-state index in [1.165, 1.54) is 19.3 Å². The lowest BCUT2D eigenvalue weighted by atomic mass is 9.96. The van der Waals surface area contributed by atoms with Crippen LogP contribution in [0.25, 0.3) is 0 Å². The van der Waals surface area contributed by atoms with Gasteiger partial charge in [-0.05, 0) is 37.3 Å². The van der Waals surface area contributed by atoms with Gasteiger partial charge in [-0.15, -0.1) is 0 Å². The Morgan fingerprint density at radius 2 is 2.35 bits per heavy atom. The number of rotatable bonds is 4. The van der Waals surface area contributed by atoms with Gasteiger partial charge >= 0.3 is 0 Å². The van der Waals surface area contributed by atoms with E-state index >= 15 is 0 Å². The molecule has 0 bridgehead atoms. The molecule has 0 saturated carbocycles. The van der Waals surface area contributed by atoms with Gasteiger partial charge in [0.05, 0.1) is 5.69 Å². The summed E-state index contributed by atoms with van der Waals surface area (Å²) in [7, 11) is 0. The van der Waals surface area contributed by atoms with E-state index < -0.39 is 0 Å². The van der Waals surface area contributed by atoms with Crippen LogP contribution < -0.4 is 11.3 Å². The number of nitrogens with two attached hydrogens (primary N) is 1. The smallest absolute Gasteiger partial charge is 0.272 e. The van der Waals surface area contributed by atoms with Crippen molar-refractivity contribution in [2.24, 2.45) is 11.8 Å². The zero-order valence-corrected chi connectivity index (χ0v) is 12.1. The van der Waals surface area contributed by atoms with Gasteiger partial charge in [-0.3, -0.25) is 15.6 Å². The highest BCUT2D eigenvalue weighted by Gasteiger charge is 2.22. The lowest BCUT2D eigenvalue weighted by Crippen LogP contribution is -2.32. The van der Waals surface area contributed by atoms with Crippen molar-refractivity contribution in [2.75, 3.05) is 18.5 Å². The Bertz CT molecular complexity index is 449. The third-order valence-corrected chi connectivity index (χ3v) is 3.98. The second-order valence-corrected chi connectivity index (χ2v) is 5.45. The highest BCUT2D eigenvalue weighted by molar-refractivity contribution is 5.93. The number of amides is 1. The molecular formula is C15H24N4O. The highest BCUT2D eigenvalue weighted by atomic mass is 16.2. The van der Waals surface area contributed by atoms with Gasteiger partial charge in [-0.2, -0.15) is 0 Å². The molecule has 5 nitrogen and oxygen atoms in total. The van der Waals surface area contributed by atoms with Gasteiger partial charge in [0.2, 0.25) is 0 Å². The monoisotopic (exact) mass is 276 g/mol. The van der Waals surface area contributed by atoms with Crippen molar-refractivity contribution in [2.45, 2.75) is 39.0 Å². The zero-order valence-electron chi connectivity index (χ0n) is 12.1. The van der Waals surface area contributed by atoms with Crippen LogP contribution in [-0.4, -0.2) is 28.9 Å². The van der Waals surface area contributed by atoms with Crippen molar-refractivity contribution in [3.05, 3.63) is 24.0 Å². The van der Waals surface area contributed by atoms with Crippen molar-refractivity contribution in [1.29, 1.82) is 0 Å². The maximum atomic E-state index is 12.5. The number of nitrogens with one attached hydrogen (secondary N) is 1. The molecule has 0 aliphatic carbocycles. The summed E-state index contributed by atoms with van der Waals surface area (Å²) in [4.78, 5) is 18.6. The zero-order chi connectivity index (χ0) is 14.4. The van der Waals surface area contributed by atoms with Crippen LogP contribution in [0, 0.1) is 5.92 Å². The second kappa shape index (κ2) is 7.24. The van der Waals surface area contributed by atoms with Crippen molar-refractivity contribution in [3.8, 4) is 0 Å². The molecule has 2 rings (SSSR count). The van der Waals surface area contributed by atoms with Crippen LogP contribution in [0.5, 0.6) is 0 Å². The minimum Gasteiger partial charge on any atom is -0.337 e. The van der Waals surface area contributed by atoms with Gasteiger partial charge in [-0.1, -0.05) is 19.8 Å². The summed E-state index contributed by atoms with van der Waals surface area (Å²) in [5.74, 6) is 6.15. The topological polar surface area (TPSA) is 71.2 Å². The number of carbonyl (C=O) groups excluding carboxylic acids is 1. The van der Waals surface area contributed by atoms with Crippen LogP contribution in [0.3, 0.4) is 0 Å². The molecule has 2 heterocycles. The van der Waals surface area contributed by atoms with Crippen LogP contribution in [0.1, 0.15) is 49.5 Å². The molecule has 1 fully saturated rings. The Morgan fingerprint density at radius 3 is 3.10 bits per heavy atom. The summed E-state index contributed by atoms with van der Waals surface area (Å²) >= 11 is 0. The third-order valence-electron chi connectivity index (χ3n) is 3.98. The summed E-state index contributed by atoms with van der Waals surface area (Å²) in [5, 5.41) is 0. The van der Waals surface area contributed by atoms with E-state index in [-0.39, 0.29) is 5.91 Å². The van der Waals surface area contributed by atoms with Crippen molar-refractivity contribution >= 4 is 11.6 Å². The van der Waals surface area contributed by atoms with E-state index in [1.807, 2.05) is 4.90 Å². The molecule has 0 radical (unpaired) electrons. The number of hydrogen-bond donors (Lipinski definition) is 2. The molecule has 110 valence electrons. The molecule has 1 atom stereocenters. The summed E-state index contributed by atoms with van der Waals surface area (Å²) < 4.78 is 0. The molecule has 1 aromatic heterocycles. The standard InChI is InChI=1S/C15H24N4O/c1-2-4-12-5-3-9-19(10-7-12)15(20)14-11-13(18-16)6-8-17-14/h6,8,11-12H,2-5,7,9-10,16H2,1H3,(H,17,18). The molecule has 1 aliphatic heterocycles. The molecule has 20 heavy (non-hydrogen) atoms. The fraction of sp³-hybridized carbons (Fsp3) is 0.600. The normalized spacial score (nSPS) is 19.5. The summed E-state index contributed by atoms with van der Waals surface area (Å²) in [5.41, 5.74) is 3.73. The third kappa shape index (κ3) is 3.70. The largest absolute Gasteiger partial charge is 0.337 e. The maximum absolute atomic E-state index is 12.5. The number of hydrogen-bond acceptors (Lipinski definition) is 4. The van der Waals surface area contributed by atoms with Crippen molar-refractivity contribution in [1.82, 2.24) is 9.88 Å². The van der Waals surface area contributed by atoms with Gasteiger partial charge < -0.3 is 10.3 Å². The first kappa shape index (κ1) is 14.8. The summed E-state index contributed by atoms with van der Waals surface area (Å²) in [6.07, 6.45) is 7.53. The number of anilines is 1. The van der Waals surface area contributed by atoms with Gasteiger partial charge in [0.1, 0.15) is 5.69 Å². The van der Waals surface area contributed by atoms with Crippen LogP contribution in [0.4, 0.5) is 5.69 Å². The number of likely N-dealkylation sites (tertiary alicyclic amines) is 1. The van der Waals surface area contributed by atoms with E-state index in [2.05, 4.69) is 17.3 Å².